The molecule has 13 nitrogen and oxygen atoms in total. The van der Waals surface area contributed by atoms with Gasteiger partial charge in [-0.2, -0.15) is 0 Å². The van der Waals surface area contributed by atoms with Crippen molar-refractivity contribution in [1.82, 2.24) is 20.1 Å². The second kappa shape index (κ2) is 16.2. The number of hydrogen-bond donors (Lipinski definition) is 4. The SMILES string of the molecule is CCOC(=O)[C@@H](NC(=O)[C@@]1(O)C[C@]2(CC)C=CCN3CC[C@@]4(c5cc([C@@]6(C(=O)OC)C[C@@H]7C[N@](CCc8c6[nH]c6ccccc86)C[C@](O)(CC)C7)c(OC)cc5N(C)[C@H]41)[C@@H]32)[C@@H](C)CC. The van der Waals surface area contributed by atoms with Crippen LogP contribution in [-0.2, 0) is 41.1 Å². The molecule has 6 aliphatic rings. The molecule has 1 saturated carbocycles. The number of aliphatic hydroxyl groups is 2. The quantitative estimate of drug-likeness (QED) is 0.145. The van der Waals surface area contributed by atoms with E-state index in [0.29, 0.717) is 62.8 Å². The molecule has 4 N–H and O–H groups in total. The van der Waals surface area contributed by atoms with Gasteiger partial charge < -0.3 is 39.6 Å². The number of hydrogen-bond acceptors (Lipinski definition) is 11. The molecule has 9 rings (SSSR count). The lowest BCUT2D eigenvalue weighted by Gasteiger charge is -2.61. The van der Waals surface area contributed by atoms with Gasteiger partial charge in [-0.1, -0.05) is 64.5 Å². The fraction of sp³-hybridized carbons (Fsp3) is 0.627. The minimum atomic E-state index is -1.96. The predicted molar refractivity (Wildman–Crippen MR) is 245 cm³/mol. The summed E-state index contributed by atoms with van der Waals surface area (Å²) in [6.07, 6.45) is 8.67. The Morgan fingerprint density at radius 2 is 1.78 bits per heavy atom. The first-order chi connectivity index (χ1) is 30.6. The highest BCUT2D eigenvalue weighted by molar-refractivity contribution is 5.95. The third kappa shape index (κ3) is 6.33. The molecular formula is C51H69N5O8. The van der Waals surface area contributed by atoms with Crippen molar-refractivity contribution in [2.24, 2.45) is 17.3 Å². The van der Waals surface area contributed by atoms with Crippen LogP contribution in [0, 0.1) is 17.3 Å². The van der Waals surface area contributed by atoms with Gasteiger partial charge in [0.15, 0.2) is 5.60 Å². The smallest absolute Gasteiger partial charge is 0.328 e. The van der Waals surface area contributed by atoms with Crippen molar-refractivity contribution in [3.63, 3.8) is 0 Å². The summed E-state index contributed by atoms with van der Waals surface area (Å²) in [5.74, 6) is -1.32. The fourth-order valence-corrected chi connectivity index (χ4v) is 14.2. The van der Waals surface area contributed by atoms with Crippen LogP contribution in [0.4, 0.5) is 5.69 Å². The second-order valence-corrected chi connectivity index (χ2v) is 20.2. The summed E-state index contributed by atoms with van der Waals surface area (Å²) in [6, 6.07) is 10.6. The van der Waals surface area contributed by atoms with E-state index in [1.165, 1.54) is 7.11 Å². The Labute approximate surface area is 377 Å². The Hall–Kier alpha value is -4.43. The number of piperidine rings is 1. The van der Waals surface area contributed by atoms with E-state index in [0.717, 1.165) is 59.6 Å². The lowest BCUT2D eigenvalue weighted by molar-refractivity contribution is -0.164. The van der Waals surface area contributed by atoms with Crippen molar-refractivity contribution >= 4 is 34.4 Å². The molecule has 6 heterocycles. The topological polar surface area (TPSA) is 157 Å². The standard InChI is InChI=1S/C51H69N5O8/c1-9-31(5)40(42(57)64-12-4)53-45(58)51(61)29-47(10-2)19-15-21-56-23-20-49(43(47)56)35-24-36(39(62-7)25-38(35)54(6)44(49)51)50(46(59)63-8)27-32-26-48(60,11-3)30-55(28-32)22-18-34-33-16-13-14-17-37(33)52-41(34)50/h13-17,19,24-25,31-32,40,43-44,52,60-61H,9-12,18,20-23,26-30H2,1-8H3,(H,53,58)/t31-,32+,40-,43-,44+,47-,48-,49+,50-,51+/m0/s1. The van der Waals surface area contributed by atoms with Crippen molar-refractivity contribution in [1.29, 1.82) is 0 Å². The molecule has 2 bridgehead atoms. The van der Waals surface area contributed by atoms with E-state index in [-0.39, 0.29) is 30.9 Å². The van der Waals surface area contributed by atoms with Crippen LogP contribution < -0.4 is 15.0 Å². The van der Waals surface area contributed by atoms with E-state index in [1.54, 1.807) is 14.0 Å². The number of aromatic amines is 1. The Kier molecular flexibility index (Phi) is 11.3. The number of rotatable bonds is 11. The number of carbonyl (C=O) groups excluding carboxylic acids is 3. The fourth-order valence-electron chi connectivity index (χ4n) is 14.2. The number of methoxy groups -OCH3 is 2. The average Bonchev–Trinajstić information content (AvgIpc) is 3.96. The summed E-state index contributed by atoms with van der Waals surface area (Å²) in [7, 11) is 5.05. The van der Waals surface area contributed by atoms with Gasteiger partial charge in [-0.25, -0.2) is 4.79 Å². The molecule has 1 spiro atoms. The van der Waals surface area contributed by atoms with Crippen molar-refractivity contribution in [3.8, 4) is 5.75 Å². The Morgan fingerprint density at radius 1 is 1.00 bits per heavy atom. The van der Waals surface area contributed by atoms with Gasteiger partial charge in [0.25, 0.3) is 5.91 Å². The van der Waals surface area contributed by atoms with E-state index >= 15 is 9.59 Å². The van der Waals surface area contributed by atoms with Crippen LogP contribution in [0.25, 0.3) is 10.9 Å². The Balaban J connectivity index is 1.30. The van der Waals surface area contributed by atoms with Gasteiger partial charge in [0.05, 0.1) is 32.5 Å². The van der Waals surface area contributed by atoms with Crippen LogP contribution in [0.5, 0.6) is 5.75 Å². The van der Waals surface area contributed by atoms with E-state index in [9.17, 15) is 15.0 Å². The molecule has 3 fully saturated rings. The summed E-state index contributed by atoms with van der Waals surface area (Å²) >= 11 is 0. The zero-order chi connectivity index (χ0) is 45.6. The van der Waals surface area contributed by atoms with Gasteiger partial charge in [0.1, 0.15) is 17.2 Å². The van der Waals surface area contributed by atoms with E-state index in [4.69, 9.17) is 14.2 Å². The van der Waals surface area contributed by atoms with Crippen LogP contribution >= 0.6 is 0 Å². The molecule has 11 atom stereocenters. The number of ether oxygens (including phenoxy) is 3. The maximum atomic E-state index is 15.4. The molecule has 2 saturated heterocycles. The summed E-state index contributed by atoms with van der Waals surface area (Å²) < 4.78 is 17.9. The van der Waals surface area contributed by atoms with Gasteiger partial charge >= 0.3 is 11.9 Å². The highest BCUT2D eigenvalue weighted by Gasteiger charge is 2.75. The van der Waals surface area contributed by atoms with Gasteiger partial charge in [-0.15, -0.1) is 0 Å². The van der Waals surface area contributed by atoms with E-state index < -0.39 is 57.4 Å². The number of nitrogens with zero attached hydrogens (tertiary/aromatic N) is 3. The summed E-state index contributed by atoms with van der Waals surface area (Å²) in [4.78, 5) is 55.0. The van der Waals surface area contributed by atoms with Crippen molar-refractivity contribution in [2.75, 3.05) is 65.5 Å². The van der Waals surface area contributed by atoms with Crippen molar-refractivity contribution in [3.05, 3.63) is 70.9 Å². The van der Waals surface area contributed by atoms with Crippen molar-refractivity contribution in [2.45, 2.75) is 126 Å². The number of amides is 1. The van der Waals surface area contributed by atoms with Gasteiger partial charge in [0, 0.05) is 84.0 Å². The van der Waals surface area contributed by atoms with E-state index in [1.807, 2.05) is 46.0 Å². The number of para-hydroxylation sites is 1. The van der Waals surface area contributed by atoms with Crippen LogP contribution in [0.1, 0.15) is 102 Å². The predicted octanol–water partition coefficient (Wildman–Crippen LogP) is 5.37. The lowest BCUT2D eigenvalue weighted by atomic mass is 9.49. The molecule has 1 amide bonds. The minimum absolute atomic E-state index is 0.0822. The zero-order valence-electron chi connectivity index (χ0n) is 39.1. The molecule has 64 heavy (non-hydrogen) atoms. The number of H-pyrrole nitrogens is 1. The first-order valence-electron chi connectivity index (χ1n) is 23.8. The number of benzene rings is 2. The minimum Gasteiger partial charge on any atom is -0.496 e. The van der Waals surface area contributed by atoms with Crippen LogP contribution in [-0.4, -0.2) is 133 Å². The van der Waals surface area contributed by atoms with Crippen LogP contribution in [0.15, 0.2) is 48.6 Å². The number of fused-ring (bicyclic) bond motifs is 6. The normalized spacial score (nSPS) is 34.9. The zero-order valence-corrected chi connectivity index (χ0v) is 39.1. The van der Waals surface area contributed by atoms with Crippen LogP contribution in [0.3, 0.4) is 0 Å². The molecular weight excluding hydrogens is 811 g/mol. The highest BCUT2D eigenvalue weighted by Crippen LogP contribution is 2.67. The lowest BCUT2D eigenvalue weighted by Crippen LogP contribution is -2.76. The van der Waals surface area contributed by atoms with Crippen LogP contribution in [0.2, 0.25) is 0 Å². The highest BCUT2D eigenvalue weighted by atomic mass is 16.5. The molecule has 346 valence electrons. The monoisotopic (exact) mass is 880 g/mol. The number of anilines is 1. The summed E-state index contributed by atoms with van der Waals surface area (Å²) in [5, 5.41) is 29.8. The maximum absolute atomic E-state index is 15.4. The average molecular weight is 880 g/mol. The Morgan fingerprint density at radius 3 is 2.48 bits per heavy atom. The third-order valence-corrected chi connectivity index (χ3v) is 17.1. The Bertz CT molecular complexity index is 2360. The molecule has 0 unspecified atom stereocenters. The number of aromatic nitrogens is 1. The number of likely N-dealkylation sites (N-methyl/N-ethyl adjacent to an activating group) is 1. The third-order valence-electron chi connectivity index (χ3n) is 17.1. The maximum Gasteiger partial charge on any atom is 0.328 e. The number of nitrogens with one attached hydrogen (secondary N) is 2. The van der Waals surface area contributed by atoms with Gasteiger partial charge in [-0.05, 0) is 93.5 Å². The molecule has 1 aliphatic carbocycles. The second-order valence-electron chi connectivity index (χ2n) is 20.2. The molecule has 2 aromatic carbocycles. The van der Waals surface area contributed by atoms with Gasteiger partial charge in [-0.3, -0.25) is 19.4 Å². The first-order valence-corrected chi connectivity index (χ1v) is 23.8. The molecule has 13 heteroatoms. The summed E-state index contributed by atoms with van der Waals surface area (Å²) in [6.45, 7) is 13.5. The molecule has 3 aromatic rings. The number of esters is 2. The molecule has 1 aromatic heterocycles. The first kappa shape index (κ1) is 44.8. The molecule has 0 radical (unpaired) electrons. The van der Waals surface area contributed by atoms with Crippen molar-refractivity contribution < 1.29 is 38.8 Å². The largest absolute Gasteiger partial charge is 0.496 e. The number of carbonyl (C=O) groups is 3. The summed E-state index contributed by atoms with van der Waals surface area (Å²) in [5.41, 5.74) is -0.468. The van der Waals surface area contributed by atoms with Gasteiger partial charge in [0.2, 0.25) is 0 Å². The molecule has 5 aliphatic heterocycles. The van der Waals surface area contributed by atoms with E-state index in [2.05, 4.69) is 62.3 Å².